The highest BCUT2D eigenvalue weighted by molar-refractivity contribution is 5.76. The van der Waals surface area contributed by atoms with Crippen LogP contribution in [0.5, 0.6) is 0 Å². The van der Waals surface area contributed by atoms with E-state index in [1.54, 1.807) is 19.9 Å². The quantitative estimate of drug-likeness (QED) is 0.142. The number of hydrogen-bond donors (Lipinski definition) is 0. The molecule has 28 heavy (non-hydrogen) atoms. The van der Waals surface area contributed by atoms with E-state index in [9.17, 15) is 26.7 Å². The summed E-state index contributed by atoms with van der Waals surface area (Å²) >= 11 is 0. The molecule has 1 saturated carbocycles. The molecule has 0 radical (unpaired) electrons. The van der Waals surface area contributed by atoms with Crippen LogP contribution in [-0.4, -0.2) is 13.1 Å². The van der Waals surface area contributed by atoms with Crippen LogP contribution < -0.4 is 0 Å². The summed E-state index contributed by atoms with van der Waals surface area (Å²) in [4.78, 5) is 11.5. The number of carbonyl (C=O) groups is 1. The Bertz CT molecular complexity index is 783. The normalized spacial score (nSPS) is 15.5. The molecule has 9 heteroatoms. The number of nitriles is 1. The van der Waals surface area contributed by atoms with E-state index in [4.69, 9.17) is 5.26 Å². The Balaban J connectivity index is 0.000000780. The molecule has 0 bridgehead atoms. The largest absolute Gasteiger partial charge is 0.487 e. The Kier molecular flexibility index (Phi) is 9.18. The van der Waals surface area contributed by atoms with Crippen LogP contribution in [0.25, 0.3) is 0 Å². The van der Waals surface area contributed by atoms with Crippen molar-refractivity contribution in [3.63, 3.8) is 0 Å². The van der Waals surface area contributed by atoms with Gasteiger partial charge in [-0.05, 0) is 18.4 Å². The molecule has 0 amide bonds. The van der Waals surface area contributed by atoms with Crippen LogP contribution in [-0.2, 0) is 20.9 Å². The second-order valence-electron chi connectivity index (χ2n) is 6.14. The predicted octanol–water partition coefficient (Wildman–Crippen LogP) is 4.39. The van der Waals surface area contributed by atoms with Gasteiger partial charge in [-0.25, -0.2) is 22.0 Å². The summed E-state index contributed by atoms with van der Waals surface area (Å²) in [6.07, 6.45) is 8.56. The standard InChI is InChI=1S/C13H11F5O2.C4H5NO.C2H2/c1-13(2)3-6(13)12(19)20-4-5-7(14)9(16)11(18)10(17)8(5)15;1-4(3-5)6-2;1-2/h6H,3-4H2,1-2H3;1H2,2H3;1-2H/t6-;;/m0../s1. The van der Waals surface area contributed by atoms with Gasteiger partial charge in [0.05, 0.1) is 18.6 Å². The van der Waals surface area contributed by atoms with Crippen molar-refractivity contribution in [2.45, 2.75) is 26.9 Å². The van der Waals surface area contributed by atoms with Gasteiger partial charge in [-0.3, -0.25) is 4.79 Å². The molecule has 0 N–H and O–H groups in total. The molecule has 0 aliphatic heterocycles. The van der Waals surface area contributed by atoms with Crippen LogP contribution >= 0.6 is 0 Å². The number of esters is 1. The van der Waals surface area contributed by atoms with E-state index in [1.807, 2.05) is 0 Å². The number of benzene rings is 1. The molecule has 0 heterocycles. The molecule has 0 unspecified atom stereocenters. The topological polar surface area (TPSA) is 59.3 Å². The van der Waals surface area contributed by atoms with E-state index >= 15 is 0 Å². The summed E-state index contributed by atoms with van der Waals surface area (Å²) < 4.78 is 74.2. The van der Waals surface area contributed by atoms with Crippen LogP contribution in [0.3, 0.4) is 0 Å². The minimum Gasteiger partial charge on any atom is -0.487 e. The zero-order valence-electron chi connectivity index (χ0n) is 15.4. The molecule has 1 atom stereocenters. The van der Waals surface area contributed by atoms with Crippen LogP contribution in [0.4, 0.5) is 22.0 Å². The Morgan fingerprint density at radius 2 is 1.54 bits per heavy atom. The third-order valence-corrected chi connectivity index (χ3v) is 3.83. The minimum absolute atomic E-state index is 0.148. The lowest BCUT2D eigenvalue weighted by Crippen LogP contribution is -2.14. The third kappa shape index (κ3) is 5.98. The number of hydrogen-bond acceptors (Lipinski definition) is 4. The molecule has 0 aromatic heterocycles. The zero-order chi connectivity index (χ0) is 22.2. The van der Waals surface area contributed by atoms with Crippen LogP contribution in [0.2, 0.25) is 0 Å². The fourth-order valence-corrected chi connectivity index (χ4v) is 1.94. The zero-order valence-corrected chi connectivity index (χ0v) is 15.4. The summed E-state index contributed by atoms with van der Waals surface area (Å²) in [5.74, 6) is -11.3. The van der Waals surface area contributed by atoms with Crippen molar-refractivity contribution < 1.29 is 36.2 Å². The van der Waals surface area contributed by atoms with Gasteiger partial charge in [0, 0.05) is 0 Å². The lowest BCUT2D eigenvalue weighted by Gasteiger charge is -2.09. The highest BCUT2D eigenvalue weighted by Gasteiger charge is 2.51. The second-order valence-corrected chi connectivity index (χ2v) is 6.14. The van der Waals surface area contributed by atoms with Gasteiger partial charge >= 0.3 is 5.97 Å². The summed E-state index contributed by atoms with van der Waals surface area (Å²) in [7, 11) is 1.41. The number of halogens is 5. The van der Waals surface area contributed by atoms with E-state index < -0.39 is 53.1 Å². The van der Waals surface area contributed by atoms with Gasteiger partial charge in [0.25, 0.3) is 0 Å². The minimum atomic E-state index is -2.24. The van der Waals surface area contributed by atoms with Gasteiger partial charge in [0.1, 0.15) is 12.7 Å². The molecule has 0 spiro atoms. The molecule has 1 aromatic carbocycles. The Morgan fingerprint density at radius 3 is 1.82 bits per heavy atom. The van der Waals surface area contributed by atoms with Gasteiger partial charge in [0.2, 0.25) is 5.82 Å². The van der Waals surface area contributed by atoms with Crippen LogP contribution in [0.15, 0.2) is 12.3 Å². The Labute approximate surface area is 159 Å². The fraction of sp³-hybridized carbons (Fsp3) is 0.368. The van der Waals surface area contributed by atoms with Crippen LogP contribution in [0, 0.1) is 64.6 Å². The van der Waals surface area contributed by atoms with Crippen LogP contribution in [0.1, 0.15) is 25.8 Å². The summed E-state index contributed by atoms with van der Waals surface area (Å²) in [5.41, 5.74) is -1.40. The van der Waals surface area contributed by atoms with Crippen molar-refractivity contribution in [2.24, 2.45) is 11.3 Å². The van der Waals surface area contributed by atoms with Gasteiger partial charge < -0.3 is 9.47 Å². The maximum Gasteiger partial charge on any atom is 0.309 e. The van der Waals surface area contributed by atoms with Gasteiger partial charge in [0.15, 0.2) is 29.0 Å². The lowest BCUT2D eigenvalue weighted by molar-refractivity contribution is -0.147. The number of nitrogens with zero attached hydrogens (tertiary/aromatic N) is 1. The highest BCUT2D eigenvalue weighted by Crippen LogP contribution is 2.52. The van der Waals surface area contributed by atoms with E-state index in [-0.39, 0.29) is 11.2 Å². The summed E-state index contributed by atoms with van der Waals surface area (Å²) in [6.45, 7) is 5.83. The van der Waals surface area contributed by atoms with Crippen molar-refractivity contribution in [3.8, 4) is 18.9 Å². The fourth-order valence-electron chi connectivity index (χ4n) is 1.94. The second kappa shape index (κ2) is 10.3. The van der Waals surface area contributed by atoms with Gasteiger partial charge in [-0.1, -0.05) is 13.8 Å². The monoisotopic (exact) mass is 403 g/mol. The van der Waals surface area contributed by atoms with Gasteiger partial charge in [-0.2, -0.15) is 5.26 Å². The molecule has 2 rings (SSSR count). The average molecular weight is 403 g/mol. The molecule has 0 saturated heterocycles. The van der Waals surface area contributed by atoms with Crippen molar-refractivity contribution >= 4 is 5.97 Å². The molecule has 1 fully saturated rings. The molecule has 1 aliphatic carbocycles. The van der Waals surface area contributed by atoms with E-state index in [0.717, 1.165) is 0 Å². The van der Waals surface area contributed by atoms with Crippen molar-refractivity contribution in [2.75, 3.05) is 7.11 Å². The van der Waals surface area contributed by atoms with E-state index in [2.05, 4.69) is 28.9 Å². The first-order valence-electron chi connectivity index (χ1n) is 7.61. The Hall–Kier alpha value is -3.07. The average Bonchev–Trinajstić information content (AvgIpc) is 3.34. The SMILES string of the molecule is C#C.C=C(C#N)OC.CC1(C)C[C@H]1C(=O)OCc1c(F)c(F)c(F)c(F)c1F. The molecular weight excluding hydrogens is 385 g/mol. The first kappa shape index (κ1) is 24.9. The van der Waals surface area contributed by atoms with Gasteiger partial charge in [-0.15, -0.1) is 12.8 Å². The maximum atomic E-state index is 13.3. The maximum absolute atomic E-state index is 13.3. The third-order valence-electron chi connectivity index (χ3n) is 3.83. The summed E-state index contributed by atoms with van der Waals surface area (Å²) in [5, 5.41) is 7.86. The van der Waals surface area contributed by atoms with Crippen molar-refractivity contribution in [1.82, 2.24) is 0 Å². The molecule has 152 valence electrons. The first-order valence-corrected chi connectivity index (χ1v) is 7.61. The molecular formula is C19H18F5NO3. The molecule has 1 aromatic rings. The summed E-state index contributed by atoms with van der Waals surface area (Å²) in [6, 6.07) is 1.70. The number of rotatable bonds is 4. The number of terminal acetylenes is 1. The number of carbonyl (C=O) groups excluding carboxylic acids is 1. The number of ether oxygens (including phenoxy) is 2. The molecule has 4 nitrogen and oxygen atoms in total. The Morgan fingerprint density at radius 1 is 1.14 bits per heavy atom. The number of allylic oxidation sites excluding steroid dienone is 1. The lowest BCUT2D eigenvalue weighted by atomic mass is 10.1. The predicted molar refractivity (Wildman–Crippen MR) is 89.6 cm³/mol. The highest BCUT2D eigenvalue weighted by atomic mass is 19.2. The smallest absolute Gasteiger partial charge is 0.309 e. The molecule has 1 aliphatic rings. The first-order chi connectivity index (χ1) is 13.0. The van der Waals surface area contributed by atoms with E-state index in [1.165, 1.54) is 7.11 Å². The van der Waals surface area contributed by atoms with Crippen molar-refractivity contribution in [3.05, 3.63) is 47.0 Å². The van der Waals surface area contributed by atoms with E-state index in [0.29, 0.717) is 6.42 Å². The number of methoxy groups -OCH3 is 1. The van der Waals surface area contributed by atoms with Crippen molar-refractivity contribution in [1.29, 1.82) is 5.26 Å².